The lowest BCUT2D eigenvalue weighted by Gasteiger charge is -2.37. The van der Waals surface area contributed by atoms with Gasteiger partial charge in [0.2, 0.25) is 0 Å². The molecule has 0 radical (unpaired) electrons. The second-order valence-corrected chi connectivity index (χ2v) is 5.93. The molecule has 2 nitrogen and oxygen atoms in total. The lowest BCUT2D eigenvalue weighted by molar-refractivity contribution is -0.264. The molecule has 0 amide bonds. The molecule has 0 unspecified atom stereocenters. The molecule has 1 atom stereocenters. The van der Waals surface area contributed by atoms with Crippen LogP contribution in [0.5, 0.6) is 0 Å². The molecule has 0 saturated heterocycles. The quantitative estimate of drug-likeness (QED) is 0.646. The van der Waals surface area contributed by atoms with Crippen LogP contribution in [0.2, 0.25) is 0 Å². The number of halogens is 4. The maximum atomic E-state index is 13.2. The van der Waals surface area contributed by atoms with Crippen molar-refractivity contribution in [2.24, 2.45) is 0 Å². The summed E-state index contributed by atoms with van der Waals surface area (Å²) in [5.74, 6) is 1.25. The van der Waals surface area contributed by atoms with Crippen molar-refractivity contribution in [1.29, 1.82) is 0 Å². The number of hydrogen-bond donors (Lipinski definition) is 2. The predicted octanol–water partition coefficient (Wildman–Crippen LogP) is 3.30. The Morgan fingerprint density at radius 3 is 2.27 bits per heavy atom. The molecule has 1 aromatic rings. The summed E-state index contributed by atoms with van der Waals surface area (Å²) in [4.78, 5) is 0. The highest BCUT2D eigenvalue weighted by Crippen LogP contribution is 2.43. The standard InChI is InChI=1S/C16H18F4O2/c1-4-7-15(22,16(18,19)20)10-14(2,3)13-6-5-12(17)8-11(13)9-21/h1,5-6,8,21-22H,7,9-10H2,2-3H3/t15-/m0/s1. The van der Waals surface area contributed by atoms with E-state index in [-0.39, 0.29) is 5.56 Å². The second-order valence-electron chi connectivity index (χ2n) is 5.93. The summed E-state index contributed by atoms with van der Waals surface area (Å²) in [7, 11) is 0. The maximum Gasteiger partial charge on any atom is 0.418 e. The molecule has 122 valence electrons. The van der Waals surface area contributed by atoms with Crippen LogP contribution in [-0.2, 0) is 12.0 Å². The summed E-state index contributed by atoms with van der Waals surface area (Å²) in [6, 6.07) is 3.47. The van der Waals surface area contributed by atoms with Gasteiger partial charge in [-0.1, -0.05) is 19.9 Å². The lowest BCUT2D eigenvalue weighted by Crippen LogP contribution is -2.49. The Morgan fingerprint density at radius 1 is 1.23 bits per heavy atom. The van der Waals surface area contributed by atoms with E-state index in [4.69, 9.17) is 6.42 Å². The summed E-state index contributed by atoms with van der Waals surface area (Å²) in [5, 5.41) is 19.2. The highest BCUT2D eigenvalue weighted by atomic mass is 19.4. The van der Waals surface area contributed by atoms with Gasteiger partial charge in [-0.05, 0) is 35.1 Å². The number of hydrogen-bond acceptors (Lipinski definition) is 2. The van der Waals surface area contributed by atoms with Crippen LogP contribution in [0.3, 0.4) is 0 Å². The van der Waals surface area contributed by atoms with Crippen LogP contribution in [0.4, 0.5) is 17.6 Å². The fourth-order valence-electron chi connectivity index (χ4n) is 2.61. The first-order valence-electron chi connectivity index (χ1n) is 6.59. The summed E-state index contributed by atoms with van der Waals surface area (Å²) in [6.07, 6.45) is -1.53. The van der Waals surface area contributed by atoms with E-state index >= 15 is 0 Å². The van der Waals surface area contributed by atoms with Crippen LogP contribution < -0.4 is 0 Å². The molecule has 0 spiro atoms. The first-order chi connectivity index (χ1) is 9.97. The van der Waals surface area contributed by atoms with Crippen molar-refractivity contribution >= 4 is 0 Å². The Bertz CT molecular complexity index is 572. The smallest absolute Gasteiger partial charge is 0.392 e. The van der Waals surface area contributed by atoms with Gasteiger partial charge in [0.15, 0.2) is 5.60 Å². The number of benzene rings is 1. The first-order valence-corrected chi connectivity index (χ1v) is 6.59. The Labute approximate surface area is 126 Å². The molecule has 22 heavy (non-hydrogen) atoms. The summed E-state index contributed by atoms with van der Waals surface area (Å²) < 4.78 is 52.6. The van der Waals surface area contributed by atoms with E-state index in [2.05, 4.69) is 0 Å². The van der Waals surface area contributed by atoms with Crippen molar-refractivity contribution in [2.45, 2.75) is 50.5 Å². The van der Waals surface area contributed by atoms with Gasteiger partial charge in [0.1, 0.15) is 5.82 Å². The first kappa shape index (κ1) is 18.5. The van der Waals surface area contributed by atoms with Crippen molar-refractivity contribution in [3.05, 3.63) is 35.1 Å². The highest BCUT2D eigenvalue weighted by molar-refractivity contribution is 5.34. The number of alkyl halides is 3. The third-order valence-corrected chi connectivity index (χ3v) is 3.62. The Hall–Kier alpha value is -1.58. The van der Waals surface area contributed by atoms with Gasteiger partial charge in [0.25, 0.3) is 0 Å². The average Bonchev–Trinajstić information content (AvgIpc) is 2.36. The molecule has 0 aliphatic carbocycles. The summed E-state index contributed by atoms with van der Waals surface area (Å²) in [5.41, 5.74) is -3.72. The molecule has 0 aliphatic rings. The molecule has 0 bridgehead atoms. The van der Waals surface area contributed by atoms with Crippen molar-refractivity contribution in [1.82, 2.24) is 0 Å². The molecule has 0 fully saturated rings. The molecule has 1 aromatic carbocycles. The third-order valence-electron chi connectivity index (χ3n) is 3.62. The van der Waals surface area contributed by atoms with Crippen LogP contribution in [0.1, 0.15) is 37.8 Å². The average molecular weight is 318 g/mol. The molecule has 2 N–H and O–H groups in total. The van der Waals surface area contributed by atoms with E-state index in [0.717, 1.165) is 12.1 Å². The fraction of sp³-hybridized carbons (Fsp3) is 0.500. The summed E-state index contributed by atoms with van der Waals surface area (Å²) in [6.45, 7) is 2.44. The van der Waals surface area contributed by atoms with Gasteiger partial charge in [-0.25, -0.2) is 4.39 Å². The van der Waals surface area contributed by atoms with Gasteiger partial charge in [-0.2, -0.15) is 13.2 Å². The molecule has 0 saturated carbocycles. The van der Waals surface area contributed by atoms with Gasteiger partial charge in [-0.15, -0.1) is 12.3 Å². The number of aliphatic hydroxyl groups excluding tert-OH is 1. The monoisotopic (exact) mass is 318 g/mol. The van der Waals surface area contributed by atoms with Gasteiger partial charge >= 0.3 is 6.18 Å². The largest absolute Gasteiger partial charge is 0.418 e. The Balaban J connectivity index is 3.27. The molecular weight excluding hydrogens is 300 g/mol. The van der Waals surface area contributed by atoms with Gasteiger partial charge in [0.05, 0.1) is 6.61 Å². The number of terminal acetylenes is 1. The van der Waals surface area contributed by atoms with Crippen molar-refractivity contribution < 1.29 is 27.8 Å². The molecule has 1 rings (SSSR count). The fourth-order valence-corrected chi connectivity index (χ4v) is 2.61. The zero-order valence-corrected chi connectivity index (χ0v) is 12.3. The topological polar surface area (TPSA) is 40.5 Å². The van der Waals surface area contributed by atoms with E-state index in [9.17, 15) is 27.8 Å². The van der Waals surface area contributed by atoms with Crippen LogP contribution in [-0.4, -0.2) is 22.0 Å². The molecule has 0 aliphatic heterocycles. The SMILES string of the molecule is C#CC[C@](O)(CC(C)(C)c1ccc(F)cc1CO)C(F)(F)F. The molecule has 0 heterocycles. The van der Waals surface area contributed by atoms with E-state index < -0.39 is 42.5 Å². The van der Waals surface area contributed by atoms with E-state index in [1.165, 1.54) is 19.9 Å². The summed E-state index contributed by atoms with van der Waals surface area (Å²) >= 11 is 0. The Morgan fingerprint density at radius 2 is 1.82 bits per heavy atom. The molecule has 6 heteroatoms. The number of aliphatic hydroxyl groups is 2. The van der Waals surface area contributed by atoms with Crippen molar-refractivity contribution in [3.8, 4) is 12.3 Å². The predicted molar refractivity (Wildman–Crippen MR) is 74.4 cm³/mol. The Kier molecular flexibility index (Phi) is 5.26. The van der Waals surface area contributed by atoms with E-state index in [1.807, 2.05) is 5.92 Å². The van der Waals surface area contributed by atoms with Gasteiger partial charge in [-0.3, -0.25) is 0 Å². The zero-order chi connectivity index (χ0) is 17.2. The van der Waals surface area contributed by atoms with Gasteiger partial charge < -0.3 is 10.2 Å². The highest BCUT2D eigenvalue weighted by Gasteiger charge is 2.55. The molecular formula is C16H18F4O2. The van der Waals surface area contributed by atoms with Crippen molar-refractivity contribution in [3.63, 3.8) is 0 Å². The minimum atomic E-state index is -4.89. The van der Waals surface area contributed by atoms with Crippen LogP contribution >= 0.6 is 0 Å². The lowest BCUT2D eigenvalue weighted by atomic mass is 9.72. The zero-order valence-electron chi connectivity index (χ0n) is 12.3. The third kappa shape index (κ3) is 3.79. The van der Waals surface area contributed by atoms with Gasteiger partial charge in [0, 0.05) is 6.42 Å². The van der Waals surface area contributed by atoms with Crippen molar-refractivity contribution in [2.75, 3.05) is 0 Å². The van der Waals surface area contributed by atoms with Crippen LogP contribution in [0.25, 0.3) is 0 Å². The normalized spacial score (nSPS) is 15.2. The second kappa shape index (κ2) is 6.27. The molecule has 0 aromatic heterocycles. The maximum absolute atomic E-state index is 13.2. The minimum absolute atomic E-state index is 0.176. The van der Waals surface area contributed by atoms with E-state index in [0.29, 0.717) is 5.56 Å². The minimum Gasteiger partial charge on any atom is -0.392 e. The number of rotatable bonds is 5. The van der Waals surface area contributed by atoms with Crippen LogP contribution in [0, 0.1) is 18.2 Å². The van der Waals surface area contributed by atoms with E-state index in [1.54, 1.807) is 0 Å². The van der Waals surface area contributed by atoms with Crippen LogP contribution in [0.15, 0.2) is 18.2 Å².